The molecule has 0 aliphatic carbocycles. The Morgan fingerprint density at radius 1 is 1.19 bits per heavy atom. The van der Waals surface area contributed by atoms with Gasteiger partial charge in [-0.05, 0) is 19.1 Å². The van der Waals surface area contributed by atoms with Crippen molar-refractivity contribution in [3.05, 3.63) is 64.2 Å². The number of halogens is 1. The molecule has 0 radical (unpaired) electrons. The average molecular weight is 383 g/mol. The molecular weight excluding hydrogens is 358 g/mol. The molecule has 3 aliphatic rings. The first-order valence-electron chi connectivity index (χ1n) is 9.78. The van der Waals surface area contributed by atoms with Crippen molar-refractivity contribution in [2.45, 2.75) is 38.0 Å². The van der Waals surface area contributed by atoms with Crippen LogP contribution in [0, 0.1) is 6.92 Å². The van der Waals surface area contributed by atoms with E-state index in [1.54, 1.807) is 4.90 Å². The Morgan fingerprint density at radius 2 is 1.96 bits per heavy atom. The standard InChI is InChI=1S/C22H24ClN3O/c1-15-7-8-21-17(13-15)20-14-19(16-5-3-4-6-18(16)23)24-26(20)22(27-21)9-11-25(2)12-10-22/h3-8,13,20H,9-12,14H2,1-2H3/p+1/t20-/m1/s1. The molecule has 2 aromatic carbocycles. The Labute approximate surface area is 165 Å². The highest BCUT2D eigenvalue weighted by atomic mass is 35.5. The number of likely N-dealkylation sites (tertiary alicyclic amines) is 1. The van der Waals surface area contributed by atoms with E-state index in [9.17, 15) is 0 Å². The molecule has 1 saturated heterocycles. The monoisotopic (exact) mass is 382 g/mol. The van der Waals surface area contributed by atoms with Gasteiger partial charge in [-0.3, -0.25) is 0 Å². The first kappa shape index (κ1) is 17.1. The third-order valence-corrected chi connectivity index (χ3v) is 6.55. The number of benzene rings is 2. The minimum absolute atomic E-state index is 0.221. The Hall–Kier alpha value is -2.04. The number of rotatable bonds is 1. The van der Waals surface area contributed by atoms with E-state index in [1.807, 2.05) is 18.2 Å². The number of hydrogen-bond donors (Lipinski definition) is 1. The maximum Gasteiger partial charge on any atom is 0.208 e. The van der Waals surface area contributed by atoms with Crippen molar-refractivity contribution in [1.82, 2.24) is 5.01 Å². The lowest BCUT2D eigenvalue weighted by molar-refractivity contribution is -0.888. The molecule has 0 unspecified atom stereocenters. The molecule has 0 amide bonds. The van der Waals surface area contributed by atoms with Gasteiger partial charge in [0.15, 0.2) is 0 Å². The van der Waals surface area contributed by atoms with E-state index >= 15 is 0 Å². The fourth-order valence-corrected chi connectivity index (χ4v) is 4.90. The van der Waals surface area contributed by atoms with Gasteiger partial charge in [0.1, 0.15) is 5.75 Å². The average Bonchev–Trinajstić information content (AvgIpc) is 3.12. The van der Waals surface area contributed by atoms with Crippen LogP contribution in [-0.4, -0.2) is 36.6 Å². The molecule has 3 heterocycles. The van der Waals surface area contributed by atoms with Crippen LogP contribution in [0.15, 0.2) is 47.6 Å². The van der Waals surface area contributed by atoms with Gasteiger partial charge in [0.25, 0.3) is 0 Å². The zero-order valence-electron chi connectivity index (χ0n) is 15.8. The van der Waals surface area contributed by atoms with Crippen LogP contribution in [0.3, 0.4) is 0 Å². The lowest BCUT2D eigenvalue weighted by atomic mass is 9.90. The maximum atomic E-state index is 6.66. The molecule has 1 atom stereocenters. The number of hydrogen-bond acceptors (Lipinski definition) is 3. The molecule has 4 nitrogen and oxygen atoms in total. The Balaban J connectivity index is 1.61. The molecule has 5 heteroatoms. The van der Waals surface area contributed by atoms with Gasteiger partial charge in [-0.2, -0.15) is 5.10 Å². The number of piperidine rings is 1. The molecule has 0 aromatic heterocycles. The smallest absolute Gasteiger partial charge is 0.208 e. The number of ether oxygens (including phenoxy) is 1. The van der Waals surface area contributed by atoms with E-state index in [2.05, 4.69) is 43.2 Å². The summed E-state index contributed by atoms with van der Waals surface area (Å²) in [5, 5.41) is 8.13. The van der Waals surface area contributed by atoms with Crippen LogP contribution in [0.2, 0.25) is 5.02 Å². The highest BCUT2D eigenvalue weighted by Crippen LogP contribution is 2.49. The summed E-state index contributed by atoms with van der Waals surface area (Å²) in [5.74, 6) is 1.03. The lowest BCUT2D eigenvalue weighted by Gasteiger charge is -2.49. The van der Waals surface area contributed by atoms with Crippen molar-refractivity contribution in [2.24, 2.45) is 5.10 Å². The third kappa shape index (κ3) is 2.74. The number of aryl methyl sites for hydroxylation is 1. The summed E-state index contributed by atoms with van der Waals surface area (Å²) in [6.07, 6.45) is 2.85. The molecule has 1 spiro atoms. The predicted octanol–water partition coefficient (Wildman–Crippen LogP) is 3.20. The van der Waals surface area contributed by atoms with E-state index in [4.69, 9.17) is 21.4 Å². The Bertz CT molecular complexity index is 918. The van der Waals surface area contributed by atoms with Crippen molar-refractivity contribution < 1.29 is 9.64 Å². The highest BCUT2D eigenvalue weighted by molar-refractivity contribution is 6.34. The van der Waals surface area contributed by atoms with E-state index in [0.29, 0.717) is 0 Å². The Kier molecular flexibility index (Phi) is 3.95. The lowest BCUT2D eigenvalue weighted by Crippen LogP contribution is -3.11. The van der Waals surface area contributed by atoms with Crippen LogP contribution in [0.5, 0.6) is 5.75 Å². The fourth-order valence-electron chi connectivity index (χ4n) is 4.66. The zero-order chi connectivity index (χ0) is 18.6. The molecule has 3 aliphatic heterocycles. The number of hydrazone groups is 1. The van der Waals surface area contributed by atoms with Gasteiger partial charge < -0.3 is 9.64 Å². The van der Waals surface area contributed by atoms with Gasteiger partial charge in [0.2, 0.25) is 5.72 Å². The van der Waals surface area contributed by atoms with Crippen molar-refractivity contribution in [1.29, 1.82) is 0 Å². The number of nitrogens with one attached hydrogen (secondary N) is 1. The van der Waals surface area contributed by atoms with Crippen molar-refractivity contribution in [3.8, 4) is 5.75 Å². The fraction of sp³-hybridized carbons (Fsp3) is 0.409. The van der Waals surface area contributed by atoms with Crippen LogP contribution in [0.25, 0.3) is 0 Å². The summed E-state index contributed by atoms with van der Waals surface area (Å²) >= 11 is 6.49. The van der Waals surface area contributed by atoms with Crippen LogP contribution >= 0.6 is 11.6 Å². The summed E-state index contributed by atoms with van der Waals surface area (Å²) < 4.78 is 6.66. The molecule has 27 heavy (non-hydrogen) atoms. The van der Waals surface area contributed by atoms with Crippen LogP contribution in [-0.2, 0) is 0 Å². The second-order valence-electron chi connectivity index (χ2n) is 8.14. The third-order valence-electron chi connectivity index (χ3n) is 6.22. The van der Waals surface area contributed by atoms with Crippen molar-refractivity contribution in [3.63, 3.8) is 0 Å². The van der Waals surface area contributed by atoms with Gasteiger partial charge >= 0.3 is 0 Å². The van der Waals surface area contributed by atoms with E-state index in [0.717, 1.165) is 54.4 Å². The van der Waals surface area contributed by atoms with Crippen LogP contribution in [0.4, 0.5) is 0 Å². The second-order valence-corrected chi connectivity index (χ2v) is 8.54. The minimum Gasteiger partial charge on any atom is -0.466 e. The molecule has 1 fully saturated rings. The van der Waals surface area contributed by atoms with Crippen LogP contribution < -0.4 is 9.64 Å². The molecular formula is C22H25ClN3O+. The summed E-state index contributed by atoms with van der Waals surface area (Å²) in [5.41, 5.74) is 4.27. The van der Waals surface area contributed by atoms with Crippen molar-refractivity contribution >= 4 is 17.3 Å². The minimum atomic E-state index is -0.338. The predicted molar refractivity (Wildman–Crippen MR) is 108 cm³/mol. The first-order valence-corrected chi connectivity index (χ1v) is 10.2. The molecule has 2 aromatic rings. The molecule has 0 saturated carbocycles. The van der Waals surface area contributed by atoms with Crippen LogP contribution in [0.1, 0.15) is 42.0 Å². The summed E-state index contributed by atoms with van der Waals surface area (Å²) in [6, 6.07) is 14.8. The van der Waals surface area contributed by atoms with Gasteiger partial charge in [-0.15, -0.1) is 0 Å². The summed E-state index contributed by atoms with van der Waals surface area (Å²) in [6.45, 7) is 4.33. The maximum absolute atomic E-state index is 6.66. The van der Waals surface area contributed by atoms with Gasteiger partial charge in [-0.25, -0.2) is 5.01 Å². The molecule has 0 bridgehead atoms. The number of fused-ring (bicyclic) bond motifs is 4. The van der Waals surface area contributed by atoms with Gasteiger partial charge in [0, 0.05) is 22.6 Å². The SMILES string of the molecule is Cc1ccc2c(c1)[C@H]1CC(c3ccccc3Cl)=NN1C1(CC[NH+](C)CC1)O2. The van der Waals surface area contributed by atoms with E-state index < -0.39 is 0 Å². The summed E-state index contributed by atoms with van der Waals surface area (Å²) in [4.78, 5) is 1.56. The number of quaternary nitrogens is 1. The molecule has 5 rings (SSSR count). The van der Waals surface area contributed by atoms with Crippen molar-refractivity contribution in [2.75, 3.05) is 20.1 Å². The van der Waals surface area contributed by atoms with Gasteiger partial charge in [0.05, 0.1) is 44.7 Å². The largest absolute Gasteiger partial charge is 0.466 e. The quantitative estimate of drug-likeness (QED) is 0.820. The van der Waals surface area contributed by atoms with Gasteiger partial charge in [-0.1, -0.05) is 47.5 Å². The first-order chi connectivity index (χ1) is 13.1. The zero-order valence-corrected chi connectivity index (χ0v) is 16.6. The second kappa shape index (κ2) is 6.25. The number of nitrogens with zero attached hydrogens (tertiary/aromatic N) is 2. The molecule has 140 valence electrons. The highest BCUT2D eigenvalue weighted by Gasteiger charge is 2.52. The van der Waals surface area contributed by atoms with E-state index in [-0.39, 0.29) is 11.8 Å². The topological polar surface area (TPSA) is 29.3 Å². The molecule has 1 N–H and O–H groups in total. The normalized spacial score (nSPS) is 29.1. The summed E-state index contributed by atoms with van der Waals surface area (Å²) in [7, 11) is 2.26. The Morgan fingerprint density at radius 3 is 2.74 bits per heavy atom. The van der Waals surface area contributed by atoms with E-state index in [1.165, 1.54) is 11.1 Å².